The Morgan fingerprint density at radius 2 is 2.14 bits per heavy atom. The molecule has 0 aliphatic carbocycles. The number of pyridine rings is 1. The van der Waals surface area contributed by atoms with Crippen LogP contribution in [0, 0.1) is 6.92 Å². The fraction of sp³-hybridized carbons (Fsp3) is 0.353. The van der Waals surface area contributed by atoms with E-state index in [4.69, 9.17) is 16.3 Å². The summed E-state index contributed by atoms with van der Waals surface area (Å²) in [5.74, 6) is 0.818. The Morgan fingerprint density at radius 1 is 1.33 bits per heavy atom. The Labute approximate surface area is 131 Å². The summed E-state index contributed by atoms with van der Waals surface area (Å²) in [7, 11) is 1.68. The molecule has 3 nitrogen and oxygen atoms in total. The quantitative estimate of drug-likeness (QED) is 0.871. The van der Waals surface area contributed by atoms with Crippen LogP contribution in [0.2, 0.25) is 5.02 Å². The SMILES string of the molecule is CCCNC(c1cc(Cl)ccc1OC)c1ncccc1C. The maximum Gasteiger partial charge on any atom is 0.124 e. The van der Waals surface area contributed by atoms with E-state index in [0.29, 0.717) is 5.02 Å². The molecule has 2 rings (SSSR count). The van der Waals surface area contributed by atoms with Crippen LogP contribution >= 0.6 is 11.6 Å². The van der Waals surface area contributed by atoms with E-state index in [1.165, 1.54) is 0 Å². The Kier molecular flexibility index (Phi) is 5.59. The van der Waals surface area contributed by atoms with Crippen LogP contribution in [0.3, 0.4) is 0 Å². The Balaban J connectivity index is 2.50. The number of benzene rings is 1. The first-order valence-electron chi connectivity index (χ1n) is 7.15. The lowest BCUT2D eigenvalue weighted by molar-refractivity contribution is 0.403. The summed E-state index contributed by atoms with van der Waals surface area (Å²) in [4.78, 5) is 4.55. The topological polar surface area (TPSA) is 34.1 Å². The summed E-state index contributed by atoms with van der Waals surface area (Å²) in [6, 6.07) is 9.68. The van der Waals surface area contributed by atoms with Crippen molar-refractivity contribution in [3.05, 3.63) is 58.4 Å². The van der Waals surface area contributed by atoms with E-state index in [0.717, 1.165) is 35.5 Å². The van der Waals surface area contributed by atoms with Crippen molar-refractivity contribution < 1.29 is 4.74 Å². The van der Waals surface area contributed by atoms with Gasteiger partial charge in [0.25, 0.3) is 0 Å². The van der Waals surface area contributed by atoms with Gasteiger partial charge in [0.05, 0.1) is 18.8 Å². The molecule has 2 aromatic rings. The van der Waals surface area contributed by atoms with E-state index in [9.17, 15) is 0 Å². The molecule has 1 aromatic carbocycles. The van der Waals surface area contributed by atoms with Crippen molar-refractivity contribution >= 4 is 11.6 Å². The highest BCUT2D eigenvalue weighted by atomic mass is 35.5. The zero-order valence-corrected chi connectivity index (χ0v) is 13.4. The van der Waals surface area contributed by atoms with Gasteiger partial charge in [-0.15, -0.1) is 0 Å². The Morgan fingerprint density at radius 3 is 2.81 bits per heavy atom. The monoisotopic (exact) mass is 304 g/mol. The van der Waals surface area contributed by atoms with E-state index >= 15 is 0 Å². The van der Waals surface area contributed by atoms with E-state index in [2.05, 4.69) is 30.2 Å². The molecule has 0 bridgehead atoms. The lowest BCUT2D eigenvalue weighted by atomic mass is 9.98. The molecule has 1 atom stereocenters. The molecule has 0 aliphatic heterocycles. The second kappa shape index (κ2) is 7.43. The van der Waals surface area contributed by atoms with Crippen LogP contribution in [0.4, 0.5) is 0 Å². The van der Waals surface area contributed by atoms with Gasteiger partial charge in [0, 0.05) is 16.8 Å². The highest BCUT2D eigenvalue weighted by Crippen LogP contribution is 2.32. The molecule has 0 saturated heterocycles. The number of hydrogen-bond donors (Lipinski definition) is 1. The van der Waals surface area contributed by atoms with Gasteiger partial charge in [-0.1, -0.05) is 24.6 Å². The number of aromatic nitrogens is 1. The van der Waals surface area contributed by atoms with Gasteiger partial charge in [0.2, 0.25) is 0 Å². The highest BCUT2D eigenvalue weighted by molar-refractivity contribution is 6.30. The average Bonchev–Trinajstić information content (AvgIpc) is 2.49. The van der Waals surface area contributed by atoms with Gasteiger partial charge in [-0.2, -0.15) is 0 Å². The van der Waals surface area contributed by atoms with E-state index in [1.807, 2.05) is 30.5 Å². The molecule has 1 aromatic heterocycles. The Hall–Kier alpha value is -1.58. The first-order chi connectivity index (χ1) is 10.2. The van der Waals surface area contributed by atoms with Crippen LogP contribution in [0.15, 0.2) is 36.5 Å². The number of nitrogens with zero attached hydrogens (tertiary/aromatic N) is 1. The molecule has 4 heteroatoms. The normalized spacial score (nSPS) is 12.2. The molecule has 0 spiro atoms. The first kappa shape index (κ1) is 15.8. The van der Waals surface area contributed by atoms with Crippen LogP contribution in [0.25, 0.3) is 0 Å². The molecule has 0 aliphatic rings. The minimum absolute atomic E-state index is 0.0280. The highest BCUT2D eigenvalue weighted by Gasteiger charge is 2.20. The molecule has 0 saturated carbocycles. The third-order valence-electron chi connectivity index (χ3n) is 3.42. The van der Waals surface area contributed by atoms with Crippen molar-refractivity contribution in [2.24, 2.45) is 0 Å². The van der Waals surface area contributed by atoms with Crippen LogP contribution in [0.1, 0.15) is 36.2 Å². The van der Waals surface area contributed by atoms with E-state index < -0.39 is 0 Å². The second-order valence-electron chi connectivity index (χ2n) is 4.98. The Bertz CT molecular complexity index is 601. The van der Waals surface area contributed by atoms with Gasteiger partial charge in [0.1, 0.15) is 5.75 Å². The fourth-order valence-electron chi connectivity index (χ4n) is 2.37. The molecule has 21 heavy (non-hydrogen) atoms. The first-order valence-corrected chi connectivity index (χ1v) is 7.53. The average molecular weight is 305 g/mol. The van der Waals surface area contributed by atoms with Crippen molar-refractivity contribution in [1.29, 1.82) is 0 Å². The molecule has 1 heterocycles. The van der Waals surface area contributed by atoms with Crippen LogP contribution in [0.5, 0.6) is 5.75 Å². The van der Waals surface area contributed by atoms with E-state index in [-0.39, 0.29) is 6.04 Å². The zero-order chi connectivity index (χ0) is 15.2. The minimum atomic E-state index is -0.0280. The molecule has 0 amide bonds. The number of rotatable bonds is 6. The summed E-state index contributed by atoms with van der Waals surface area (Å²) in [5, 5.41) is 4.24. The minimum Gasteiger partial charge on any atom is -0.496 e. The standard InChI is InChI=1S/C17H21ClN2O/c1-4-9-19-17(16-12(2)6-5-10-20-16)14-11-13(18)7-8-15(14)21-3/h5-8,10-11,17,19H,4,9H2,1-3H3. The van der Waals surface area contributed by atoms with Crippen molar-refractivity contribution in [1.82, 2.24) is 10.3 Å². The number of ether oxygens (including phenoxy) is 1. The lowest BCUT2D eigenvalue weighted by Gasteiger charge is -2.22. The van der Waals surface area contributed by atoms with Gasteiger partial charge in [-0.3, -0.25) is 4.98 Å². The molecule has 0 fully saturated rings. The molecule has 1 unspecified atom stereocenters. The summed E-state index contributed by atoms with van der Waals surface area (Å²) < 4.78 is 5.50. The lowest BCUT2D eigenvalue weighted by Crippen LogP contribution is -2.25. The van der Waals surface area contributed by atoms with Gasteiger partial charge >= 0.3 is 0 Å². The maximum absolute atomic E-state index is 6.18. The van der Waals surface area contributed by atoms with Crippen LogP contribution in [-0.2, 0) is 0 Å². The number of hydrogen-bond acceptors (Lipinski definition) is 3. The van der Waals surface area contributed by atoms with Crippen molar-refractivity contribution in [3.63, 3.8) is 0 Å². The maximum atomic E-state index is 6.18. The smallest absolute Gasteiger partial charge is 0.124 e. The third-order valence-corrected chi connectivity index (χ3v) is 3.66. The van der Waals surface area contributed by atoms with Crippen LogP contribution < -0.4 is 10.1 Å². The predicted molar refractivity (Wildman–Crippen MR) is 87.1 cm³/mol. The zero-order valence-electron chi connectivity index (χ0n) is 12.7. The second-order valence-corrected chi connectivity index (χ2v) is 5.42. The summed E-state index contributed by atoms with van der Waals surface area (Å²) in [6.07, 6.45) is 2.87. The summed E-state index contributed by atoms with van der Waals surface area (Å²) in [6.45, 7) is 5.11. The van der Waals surface area contributed by atoms with Crippen LogP contribution in [-0.4, -0.2) is 18.6 Å². The molecule has 112 valence electrons. The van der Waals surface area contributed by atoms with Gasteiger partial charge < -0.3 is 10.1 Å². The fourth-order valence-corrected chi connectivity index (χ4v) is 2.55. The largest absolute Gasteiger partial charge is 0.496 e. The number of nitrogens with one attached hydrogen (secondary N) is 1. The number of halogens is 1. The molecular weight excluding hydrogens is 284 g/mol. The summed E-state index contributed by atoms with van der Waals surface area (Å²) in [5.41, 5.74) is 3.17. The molecule has 0 radical (unpaired) electrons. The van der Waals surface area contributed by atoms with E-state index in [1.54, 1.807) is 7.11 Å². The summed E-state index contributed by atoms with van der Waals surface area (Å²) >= 11 is 6.18. The van der Waals surface area contributed by atoms with Crippen molar-refractivity contribution in [3.8, 4) is 5.75 Å². The number of aryl methyl sites for hydroxylation is 1. The van der Waals surface area contributed by atoms with Gasteiger partial charge in [0.15, 0.2) is 0 Å². The van der Waals surface area contributed by atoms with Gasteiger partial charge in [-0.05, 0) is 49.7 Å². The molecule has 1 N–H and O–H groups in total. The van der Waals surface area contributed by atoms with Crippen molar-refractivity contribution in [2.45, 2.75) is 26.3 Å². The number of methoxy groups -OCH3 is 1. The van der Waals surface area contributed by atoms with Gasteiger partial charge in [-0.25, -0.2) is 0 Å². The third kappa shape index (κ3) is 3.74. The predicted octanol–water partition coefficient (Wildman–Crippen LogP) is 4.14. The molecular formula is C17H21ClN2O. The van der Waals surface area contributed by atoms with Crippen molar-refractivity contribution in [2.75, 3.05) is 13.7 Å².